The molecule has 0 aliphatic carbocycles. The Kier molecular flexibility index (Phi) is 4.79. The number of aromatic nitrogens is 2. The van der Waals surface area contributed by atoms with Crippen LogP contribution in [0.3, 0.4) is 0 Å². The van der Waals surface area contributed by atoms with Crippen LogP contribution in [0.15, 0.2) is 22.7 Å². The van der Waals surface area contributed by atoms with Crippen molar-refractivity contribution in [2.45, 2.75) is 12.8 Å². The topological polar surface area (TPSA) is 25.8 Å². The molecule has 17 heavy (non-hydrogen) atoms. The number of nitrogens with zero attached hydrogens (tertiary/aromatic N) is 2. The van der Waals surface area contributed by atoms with Gasteiger partial charge in [-0.05, 0) is 34.5 Å². The Morgan fingerprint density at radius 2 is 2.12 bits per heavy atom. The van der Waals surface area contributed by atoms with Crippen LogP contribution in [0.25, 0.3) is 10.6 Å². The lowest BCUT2D eigenvalue weighted by Gasteiger charge is -1.98. The number of aryl methyl sites for hydroxylation is 1. The lowest BCUT2D eigenvalue weighted by atomic mass is 10.2. The zero-order chi connectivity index (χ0) is 12.3. The first-order valence-corrected chi connectivity index (χ1v) is 7.56. The minimum absolute atomic E-state index is 0.654. The third kappa shape index (κ3) is 3.41. The van der Waals surface area contributed by atoms with E-state index < -0.39 is 0 Å². The van der Waals surface area contributed by atoms with Gasteiger partial charge >= 0.3 is 0 Å². The van der Waals surface area contributed by atoms with Crippen LogP contribution < -0.4 is 0 Å². The highest BCUT2D eigenvalue weighted by molar-refractivity contribution is 9.10. The van der Waals surface area contributed by atoms with E-state index >= 15 is 0 Å². The van der Waals surface area contributed by atoms with E-state index in [1.807, 2.05) is 18.2 Å². The fourth-order valence-electron chi connectivity index (χ4n) is 1.32. The molecule has 1 heterocycles. The highest BCUT2D eigenvalue weighted by atomic mass is 79.9. The summed E-state index contributed by atoms with van der Waals surface area (Å²) in [7, 11) is 0. The Bertz CT molecular complexity index is 516. The summed E-state index contributed by atoms with van der Waals surface area (Å²) >= 11 is 16.6. The molecule has 2 rings (SSSR count). The summed E-state index contributed by atoms with van der Waals surface area (Å²) in [6.45, 7) is 0. The Morgan fingerprint density at radius 1 is 1.29 bits per heavy atom. The highest BCUT2D eigenvalue weighted by Gasteiger charge is 2.08. The second-order valence-corrected chi connectivity index (χ2v) is 6.12. The number of hydrogen-bond donors (Lipinski definition) is 0. The Labute approximate surface area is 122 Å². The van der Waals surface area contributed by atoms with Crippen LogP contribution in [-0.4, -0.2) is 16.1 Å². The summed E-state index contributed by atoms with van der Waals surface area (Å²) in [5.41, 5.74) is 1.02. The van der Waals surface area contributed by atoms with E-state index in [1.165, 1.54) is 0 Å². The van der Waals surface area contributed by atoms with E-state index in [0.29, 0.717) is 10.9 Å². The van der Waals surface area contributed by atoms with Crippen LogP contribution in [0.2, 0.25) is 5.02 Å². The van der Waals surface area contributed by atoms with E-state index in [0.717, 1.165) is 32.9 Å². The maximum atomic E-state index is 5.95. The van der Waals surface area contributed by atoms with Crippen molar-refractivity contribution in [3.63, 3.8) is 0 Å². The molecule has 0 spiro atoms. The smallest absolute Gasteiger partial charge is 0.143 e. The Hall–Kier alpha value is -0.160. The zero-order valence-corrected chi connectivity index (χ0v) is 12.7. The van der Waals surface area contributed by atoms with Crippen molar-refractivity contribution in [3.8, 4) is 10.6 Å². The van der Waals surface area contributed by atoms with E-state index in [2.05, 4.69) is 26.1 Å². The molecular weight excluding hydrogens is 343 g/mol. The van der Waals surface area contributed by atoms with Gasteiger partial charge in [-0.3, -0.25) is 0 Å². The quantitative estimate of drug-likeness (QED) is 0.740. The highest BCUT2D eigenvalue weighted by Crippen LogP contribution is 2.30. The molecule has 2 nitrogen and oxygen atoms in total. The van der Waals surface area contributed by atoms with E-state index in [9.17, 15) is 0 Å². The molecule has 0 saturated carbocycles. The fraction of sp³-hybridized carbons (Fsp3) is 0.273. The molecule has 6 heteroatoms. The third-order valence-corrected chi connectivity index (χ3v) is 4.67. The van der Waals surface area contributed by atoms with Crippen molar-refractivity contribution in [1.29, 1.82) is 0 Å². The monoisotopic (exact) mass is 350 g/mol. The zero-order valence-electron chi connectivity index (χ0n) is 8.79. The molecule has 2 aromatic rings. The van der Waals surface area contributed by atoms with Crippen LogP contribution in [0, 0.1) is 0 Å². The van der Waals surface area contributed by atoms with Gasteiger partial charge in [0.15, 0.2) is 0 Å². The Balaban J connectivity index is 2.21. The molecule has 1 aromatic carbocycles. The first-order valence-electron chi connectivity index (χ1n) is 5.04. The van der Waals surface area contributed by atoms with E-state index in [4.69, 9.17) is 23.2 Å². The average molecular weight is 352 g/mol. The fourth-order valence-corrected chi connectivity index (χ4v) is 2.83. The van der Waals surface area contributed by atoms with Crippen molar-refractivity contribution >= 4 is 50.5 Å². The normalized spacial score (nSPS) is 10.8. The first kappa shape index (κ1) is 13.3. The molecule has 1 aromatic heterocycles. The van der Waals surface area contributed by atoms with Gasteiger partial charge in [0.25, 0.3) is 0 Å². The van der Waals surface area contributed by atoms with E-state index in [-0.39, 0.29) is 0 Å². The molecule has 0 aliphatic rings. The molecule has 90 valence electrons. The summed E-state index contributed by atoms with van der Waals surface area (Å²) in [6, 6.07) is 5.74. The number of halogens is 3. The van der Waals surface area contributed by atoms with Gasteiger partial charge in [0.2, 0.25) is 0 Å². The molecule has 0 unspecified atom stereocenters. The van der Waals surface area contributed by atoms with Gasteiger partial charge in [-0.2, -0.15) is 0 Å². The summed E-state index contributed by atoms with van der Waals surface area (Å²) in [5, 5.41) is 10.9. The molecule has 0 saturated heterocycles. The van der Waals surface area contributed by atoms with Gasteiger partial charge in [-0.25, -0.2) is 0 Å². The molecule has 0 bridgehead atoms. The van der Waals surface area contributed by atoms with Crippen LogP contribution in [0.1, 0.15) is 11.4 Å². The summed E-state index contributed by atoms with van der Waals surface area (Å²) < 4.78 is 0.870. The minimum Gasteiger partial charge on any atom is -0.143 e. The molecule has 0 atom stereocenters. The molecular formula is C11H9BrCl2N2S. The van der Waals surface area contributed by atoms with Crippen LogP contribution in [0.4, 0.5) is 0 Å². The standard InChI is InChI=1S/C11H9BrCl2N2S/c12-8-6-7(3-4-9(8)14)11-16-15-10(17-11)2-1-5-13/h3-4,6H,1-2,5H2. The Morgan fingerprint density at radius 3 is 2.82 bits per heavy atom. The second kappa shape index (κ2) is 6.14. The number of benzene rings is 1. The van der Waals surface area contributed by atoms with Crippen molar-refractivity contribution in [3.05, 3.63) is 32.7 Å². The van der Waals surface area contributed by atoms with Crippen molar-refractivity contribution in [2.75, 3.05) is 5.88 Å². The lowest BCUT2D eigenvalue weighted by Crippen LogP contribution is -1.84. The second-order valence-electron chi connectivity index (χ2n) is 3.42. The molecule has 0 aliphatic heterocycles. The minimum atomic E-state index is 0.654. The number of alkyl halides is 1. The maximum absolute atomic E-state index is 5.95. The van der Waals surface area contributed by atoms with Crippen molar-refractivity contribution in [2.24, 2.45) is 0 Å². The van der Waals surface area contributed by atoms with Gasteiger partial charge in [0, 0.05) is 22.3 Å². The van der Waals surface area contributed by atoms with Crippen LogP contribution >= 0.6 is 50.5 Å². The maximum Gasteiger partial charge on any atom is 0.147 e. The number of rotatable bonds is 4. The van der Waals surface area contributed by atoms with Gasteiger partial charge in [0.05, 0.1) is 5.02 Å². The van der Waals surface area contributed by atoms with Crippen molar-refractivity contribution in [1.82, 2.24) is 10.2 Å². The van der Waals surface area contributed by atoms with Crippen LogP contribution in [0.5, 0.6) is 0 Å². The average Bonchev–Trinajstić information content (AvgIpc) is 2.79. The third-order valence-electron chi connectivity index (χ3n) is 2.16. The summed E-state index contributed by atoms with van der Waals surface area (Å²) in [4.78, 5) is 0. The van der Waals surface area contributed by atoms with Gasteiger partial charge in [-0.1, -0.05) is 29.0 Å². The van der Waals surface area contributed by atoms with Crippen molar-refractivity contribution < 1.29 is 0 Å². The van der Waals surface area contributed by atoms with Gasteiger partial charge < -0.3 is 0 Å². The van der Waals surface area contributed by atoms with Gasteiger partial charge in [0.1, 0.15) is 10.0 Å². The van der Waals surface area contributed by atoms with Crippen LogP contribution in [-0.2, 0) is 6.42 Å². The predicted molar refractivity (Wildman–Crippen MR) is 77.1 cm³/mol. The predicted octanol–water partition coefficient (Wildman–Crippen LogP) is 4.79. The number of hydrogen-bond acceptors (Lipinski definition) is 3. The van der Waals surface area contributed by atoms with E-state index in [1.54, 1.807) is 11.3 Å². The molecule has 0 radical (unpaired) electrons. The molecule has 0 amide bonds. The van der Waals surface area contributed by atoms with Gasteiger partial charge in [-0.15, -0.1) is 21.8 Å². The SMILES string of the molecule is ClCCCc1nnc(-c2ccc(Cl)c(Br)c2)s1. The largest absolute Gasteiger partial charge is 0.147 e. The molecule has 0 fully saturated rings. The first-order chi connectivity index (χ1) is 8.20. The lowest BCUT2D eigenvalue weighted by molar-refractivity contribution is 0.884. The summed E-state index contributed by atoms with van der Waals surface area (Å²) in [6.07, 6.45) is 1.82. The summed E-state index contributed by atoms with van der Waals surface area (Å²) in [5.74, 6) is 0.654. The molecule has 0 N–H and O–H groups in total.